The van der Waals surface area contributed by atoms with Crippen LogP contribution in [0.25, 0.3) is 16.8 Å². The summed E-state index contributed by atoms with van der Waals surface area (Å²) in [5.41, 5.74) is 1.16. The van der Waals surface area contributed by atoms with E-state index in [9.17, 15) is 14.9 Å². The number of rotatable bonds is 8. The Kier molecular flexibility index (Phi) is 7.88. The van der Waals surface area contributed by atoms with Crippen LogP contribution in [0, 0.1) is 11.3 Å². The molecule has 1 N–H and O–H groups in total. The average molecular weight is 458 g/mol. The lowest BCUT2D eigenvalue weighted by molar-refractivity contribution is -0.135. The largest absolute Gasteiger partial charge is 0.490 e. The third kappa shape index (κ3) is 5.73. The van der Waals surface area contributed by atoms with Crippen LogP contribution in [-0.2, 0) is 9.59 Å². The van der Waals surface area contributed by atoms with Crippen molar-refractivity contribution in [2.75, 3.05) is 26.0 Å². The van der Waals surface area contributed by atoms with Gasteiger partial charge in [0.15, 0.2) is 17.6 Å². The molecule has 1 unspecified atom stereocenters. The molecule has 0 fully saturated rings. The quantitative estimate of drug-likeness (QED) is 0.393. The molecule has 0 bridgehead atoms. The minimum atomic E-state index is -0.697. The van der Waals surface area contributed by atoms with E-state index < -0.39 is 12.0 Å². The van der Waals surface area contributed by atoms with Crippen molar-refractivity contribution >= 4 is 34.4 Å². The summed E-state index contributed by atoms with van der Waals surface area (Å²) in [7, 11) is 3.32. The highest BCUT2D eigenvalue weighted by atomic mass is 16.5. The van der Waals surface area contributed by atoms with Gasteiger partial charge in [-0.15, -0.1) is 0 Å². The molecule has 0 aliphatic heterocycles. The van der Waals surface area contributed by atoms with Crippen molar-refractivity contribution in [1.82, 2.24) is 4.90 Å². The molecule has 0 spiro atoms. The van der Waals surface area contributed by atoms with Crippen LogP contribution in [0.4, 0.5) is 5.69 Å². The Morgan fingerprint density at radius 1 is 1.09 bits per heavy atom. The number of fused-ring (bicyclic) bond motifs is 1. The average Bonchev–Trinajstić information content (AvgIpc) is 2.83. The number of carbonyl (C=O) groups is 2. The van der Waals surface area contributed by atoms with Crippen LogP contribution in [0.15, 0.2) is 66.2 Å². The highest BCUT2D eigenvalue weighted by Crippen LogP contribution is 2.31. The summed E-state index contributed by atoms with van der Waals surface area (Å²) in [6.07, 6.45) is 0.790. The Balaban J connectivity index is 1.86. The van der Waals surface area contributed by atoms with Crippen molar-refractivity contribution in [3.05, 3.63) is 71.8 Å². The van der Waals surface area contributed by atoms with Crippen molar-refractivity contribution in [3.63, 3.8) is 0 Å². The fraction of sp³-hybridized carbons (Fsp3) is 0.222. The van der Waals surface area contributed by atoms with E-state index in [1.54, 1.807) is 45.3 Å². The van der Waals surface area contributed by atoms with Gasteiger partial charge in [-0.3, -0.25) is 9.59 Å². The molecule has 3 aromatic rings. The lowest BCUT2D eigenvalue weighted by Gasteiger charge is -2.20. The van der Waals surface area contributed by atoms with Crippen LogP contribution in [0.3, 0.4) is 0 Å². The smallest absolute Gasteiger partial charge is 0.266 e. The third-order valence-corrected chi connectivity index (χ3v) is 5.07. The Morgan fingerprint density at radius 3 is 2.53 bits per heavy atom. The van der Waals surface area contributed by atoms with Crippen LogP contribution in [0.2, 0.25) is 0 Å². The number of benzene rings is 3. The topological polar surface area (TPSA) is 91.7 Å². The van der Waals surface area contributed by atoms with E-state index in [1.165, 1.54) is 11.0 Å². The van der Waals surface area contributed by atoms with Crippen LogP contribution < -0.4 is 14.8 Å². The number of carbonyl (C=O) groups excluding carboxylic acids is 2. The van der Waals surface area contributed by atoms with E-state index in [-0.39, 0.29) is 11.5 Å². The Hall–Kier alpha value is -4.31. The minimum absolute atomic E-state index is 0.0554. The second-order valence-corrected chi connectivity index (χ2v) is 7.78. The zero-order valence-electron chi connectivity index (χ0n) is 19.7. The maximum atomic E-state index is 12.9. The number of ether oxygens (including phenoxy) is 2. The number of nitrogens with one attached hydrogen (secondary N) is 1. The highest BCUT2D eigenvalue weighted by molar-refractivity contribution is 6.12. The maximum Gasteiger partial charge on any atom is 0.266 e. The van der Waals surface area contributed by atoms with Gasteiger partial charge in [0.05, 0.1) is 6.61 Å². The predicted molar refractivity (Wildman–Crippen MR) is 133 cm³/mol. The molecule has 0 aromatic heterocycles. The molecule has 7 nitrogen and oxygen atoms in total. The van der Waals surface area contributed by atoms with Crippen LogP contribution in [0.1, 0.15) is 19.4 Å². The first-order valence-electron chi connectivity index (χ1n) is 10.9. The summed E-state index contributed by atoms with van der Waals surface area (Å²) < 4.78 is 11.5. The van der Waals surface area contributed by atoms with Gasteiger partial charge in [0.1, 0.15) is 11.6 Å². The van der Waals surface area contributed by atoms with Gasteiger partial charge in [-0.25, -0.2) is 0 Å². The summed E-state index contributed by atoms with van der Waals surface area (Å²) in [4.78, 5) is 26.5. The molecule has 174 valence electrons. The van der Waals surface area contributed by atoms with Gasteiger partial charge in [0.2, 0.25) is 0 Å². The molecule has 34 heavy (non-hydrogen) atoms. The second-order valence-electron chi connectivity index (χ2n) is 7.78. The van der Waals surface area contributed by atoms with Gasteiger partial charge in [-0.2, -0.15) is 5.26 Å². The molecule has 0 aliphatic rings. The molecule has 3 aromatic carbocycles. The Labute approximate surface area is 199 Å². The number of hydrogen-bond donors (Lipinski definition) is 1. The molecular weight excluding hydrogens is 430 g/mol. The standard InChI is InChI=1S/C27H27N3O4/c1-5-33-25-16-19(13-14-24(25)34-18(2)27(32)30(3)4)15-21(17-28)26(31)29-23-12-8-10-20-9-6-7-11-22(20)23/h6-16,18H,5H2,1-4H3,(H,29,31)/b21-15+. The van der Waals surface area contributed by atoms with Gasteiger partial charge in [-0.05, 0) is 49.1 Å². The number of nitrogens with zero attached hydrogens (tertiary/aromatic N) is 2. The summed E-state index contributed by atoms with van der Waals surface area (Å²) >= 11 is 0. The summed E-state index contributed by atoms with van der Waals surface area (Å²) in [6, 6.07) is 20.3. The van der Waals surface area contributed by atoms with Gasteiger partial charge >= 0.3 is 0 Å². The fourth-order valence-corrected chi connectivity index (χ4v) is 3.42. The number of nitriles is 1. The summed E-state index contributed by atoms with van der Waals surface area (Å²) in [5, 5.41) is 14.3. The van der Waals surface area contributed by atoms with Crippen molar-refractivity contribution in [3.8, 4) is 17.6 Å². The van der Waals surface area contributed by atoms with Gasteiger partial charge in [0, 0.05) is 25.2 Å². The minimum Gasteiger partial charge on any atom is -0.490 e. The van der Waals surface area contributed by atoms with E-state index in [0.717, 1.165) is 10.8 Å². The zero-order chi connectivity index (χ0) is 24.7. The molecule has 0 aliphatic carbocycles. The third-order valence-electron chi connectivity index (χ3n) is 5.07. The van der Waals surface area contributed by atoms with E-state index in [2.05, 4.69) is 5.32 Å². The van der Waals surface area contributed by atoms with Gasteiger partial charge in [-0.1, -0.05) is 42.5 Å². The second kappa shape index (κ2) is 11.0. The number of anilines is 1. The van der Waals surface area contributed by atoms with Gasteiger partial charge < -0.3 is 19.7 Å². The molecule has 0 heterocycles. The maximum absolute atomic E-state index is 12.9. The highest BCUT2D eigenvalue weighted by Gasteiger charge is 2.19. The first-order chi connectivity index (χ1) is 16.3. The van der Waals surface area contributed by atoms with Gasteiger partial charge in [0.25, 0.3) is 11.8 Å². The SMILES string of the molecule is CCOc1cc(/C=C(\C#N)C(=O)Nc2cccc3ccccc23)ccc1OC(C)C(=O)N(C)C. The predicted octanol–water partition coefficient (Wildman–Crippen LogP) is 4.64. The van der Waals surface area contributed by atoms with E-state index in [1.807, 2.05) is 49.4 Å². The molecule has 1 atom stereocenters. The van der Waals surface area contributed by atoms with E-state index >= 15 is 0 Å². The Bertz CT molecular complexity index is 1270. The van der Waals surface area contributed by atoms with Crippen molar-refractivity contribution in [2.24, 2.45) is 0 Å². The van der Waals surface area contributed by atoms with E-state index in [4.69, 9.17) is 9.47 Å². The Morgan fingerprint density at radius 2 is 1.82 bits per heavy atom. The lowest BCUT2D eigenvalue weighted by atomic mass is 10.1. The monoisotopic (exact) mass is 457 g/mol. The van der Waals surface area contributed by atoms with Crippen molar-refractivity contribution < 1.29 is 19.1 Å². The first-order valence-corrected chi connectivity index (χ1v) is 10.9. The van der Waals surface area contributed by atoms with E-state index in [0.29, 0.717) is 29.4 Å². The van der Waals surface area contributed by atoms with Crippen molar-refractivity contribution in [1.29, 1.82) is 5.26 Å². The van der Waals surface area contributed by atoms with Crippen LogP contribution in [0.5, 0.6) is 11.5 Å². The normalized spacial score (nSPS) is 11.9. The lowest BCUT2D eigenvalue weighted by Crippen LogP contribution is -2.35. The molecule has 7 heteroatoms. The molecule has 0 radical (unpaired) electrons. The number of likely N-dealkylation sites (N-methyl/N-ethyl adjacent to an activating group) is 1. The first kappa shape index (κ1) is 24.3. The van der Waals surface area contributed by atoms with Crippen LogP contribution in [-0.4, -0.2) is 43.5 Å². The fourth-order valence-electron chi connectivity index (χ4n) is 3.42. The summed E-state index contributed by atoms with van der Waals surface area (Å²) in [5.74, 6) is 0.132. The number of hydrogen-bond acceptors (Lipinski definition) is 5. The molecule has 0 saturated heterocycles. The number of amides is 2. The van der Waals surface area contributed by atoms with Crippen molar-refractivity contribution in [2.45, 2.75) is 20.0 Å². The molecule has 3 rings (SSSR count). The zero-order valence-corrected chi connectivity index (χ0v) is 19.7. The molecular formula is C27H27N3O4. The van der Waals surface area contributed by atoms with Crippen LogP contribution >= 0.6 is 0 Å². The summed E-state index contributed by atoms with van der Waals surface area (Å²) in [6.45, 7) is 3.88. The molecule has 2 amide bonds. The molecule has 0 saturated carbocycles.